The van der Waals surface area contributed by atoms with E-state index in [4.69, 9.17) is 0 Å². The fraction of sp³-hybridized carbons (Fsp3) is 0.385. The molecule has 1 amide bonds. The lowest BCUT2D eigenvalue weighted by molar-refractivity contribution is -0.127. The maximum absolute atomic E-state index is 11.4. The van der Waals surface area contributed by atoms with Gasteiger partial charge in [0.2, 0.25) is 5.91 Å². The Hall–Kier alpha value is -1.68. The van der Waals surface area contributed by atoms with Crippen LogP contribution in [0.3, 0.4) is 0 Å². The van der Waals surface area contributed by atoms with Crippen molar-refractivity contribution in [1.29, 1.82) is 0 Å². The molecule has 1 atom stereocenters. The van der Waals surface area contributed by atoms with Crippen LogP contribution in [-0.4, -0.2) is 29.4 Å². The van der Waals surface area contributed by atoms with Crippen LogP contribution < -0.4 is 5.32 Å². The molecular weight excluding hydrogens is 218 g/mol. The molecule has 0 radical (unpaired) electrons. The number of ketones is 1. The summed E-state index contributed by atoms with van der Waals surface area (Å²) in [5.74, 6) is -0.522. The first-order valence-corrected chi connectivity index (χ1v) is 5.55. The van der Waals surface area contributed by atoms with Gasteiger partial charge in [-0.3, -0.25) is 9.59 Å². The molecule has 0 aromatic heterocycles. The predicted octanol–water partition coefficient (Wildman–Crippen LogP) is 0.685. The molecule has 1 aromatic rings. The highest BCUT2D eigenvalue weighted by atomic mass is 16.3. The summed E-state index contributed by atoms with van der Waals surface area (Å²) in [7, 11) is 0. The van der Waals surface area contributed by atoms with Gasteiger partial charge in [-0.15, -0.1) is 0 Å². The van der Waals surface area contributed by atoms with E-state index in [1.165, 1.54) is 6.92 Å². The number of aliphatic hydroxyl groups is 1. The Bertz CT molecular complexity index is 376. The van der Waals surface area contributed by atoms with Crippen molar-refractivity contribution in [3.8, 4) is 0 Å². The molecule has 0 heterocycles. The summed E-state index contributed by atoms with van der Waals surface area (Å²) in [6.45, 7) is 1.23. The Morgan fingerprint density at radius 3 is 2.47 bits per heavy atom. The van der Waals surface area contributed by atoms with Gasteiger partial charge in [0.05, 0.1) is 19.1 Å². The van der Waals surface area contributed by atoms with Gasteiger partial charge in [-0.1, -0.05) is 30.3 Å². The lowest BCUT2D eigenvalue weighted by atomic mass is 10.1. The molecule has 1 rings (SSSR count). The summed E-state index contributed by atoms with van der Waals surface area (Å²) in [6, 6.07) is 9.23. The van der Waals surface area contributed by atoms with Gasteiger partial charge in [-0.2, -0.15) is 0 Å². The minimum absolute atomic E-state index is 0.134. The third kappa shape index (κ3) is 5.26. The van der Waals surface area contributed by atoms with Crippen LogP contribution in [0.15, 0.2) is 30.3 Å². The topological polar surface area (TPSA) is 66.4 Å². The molecule has 0 saturated carbocycles. The van der Waals surface area contributed by atoms with Crippen LogP contribution >= 0.6 is 0 Å². The third-order valence-corrected chi connectivity index (χ3v) is 2.32. The van der Waals surface area contributed by atoms with Gasteiger partial charge in [0.15, 0.2) is 0 Å². The maximum atomic E-state index is 11.4. The van der Waals surface area contributed by atoms with Crippen molar-refractivity contribution in [3.05, 3.63) is 35.9 Å². The second-order valence-corrected chi connectivity index (χ2v) is 4.02. The number of amides is 1. The van der Waals surface area contributed by atoms with Crippen LogP contribution in [0.2, 0.25) is 0 Å². The van der Waals surface area contributed by atoms with E-state index in [1.54, 1.807) is 0 Å². The van der Waals surface area contributed by atoms with Crippen molar-refractivity contribution >= 4 is 11.7 Å². The molecule has 0 spiro atoms. The molecule has 17 heavy (non-hydrogen) atoms. The average molecular weight is 235 g/mol. The van der Waals surface area contributed by atoms with E-state index in [9.17, 15) is 14.7 Å². The summed E-state index contributed by atoms with van der Waals surface area (Å²) in [6.07, 6.45) is 0.423. The third-order valence-electron chi connectivity index (χ3n) is 2.32. The largest absolute Gasteiger partial charge is 0.394 e. The fourth-order valence-corrected chi connectivity index (χ4v) is 1.56. The first-order valence-electron chi connectivity index (χ1n) is 5.55. The van der Waals surface area contributed by atoms with Crippen molar-refractivity contribution < 1.29 is 14.7 Å². The zero-order valence-corrected chi connectivity index (χ0v) is 9.85. The summed E-state index contributed by atoms with van der Waals surface area (Å²) in [5, 5.41) is 11.8. The molecule has 0 aliphatic rings. The number of carbonyl (C=O) groups excluding carboxylic acids is 2. The summed E-state index contributed by atoms with van der Waals surface area (Å²) in [5.41, 5.74) is 1.04. The maximum Gasteiger partial charge on any atom is 0.227 e. The Morgan fingerprint density at radius 1 is 1.29 bits per heavy atom. The smallest absolute Gasteiger partial charge is 0.227 e. The first-order chi connectivity index (χ1) is 8.11. The van der Waals surface area contributed by atoms with E-state index in [0.717, 1.165) is 5.56 Å². The molecule has 0 unspecified atom stereocenters. The number of benzene rings is 1. The number of nitrogens with one attached hydrogen (secondary N) is 1. The Labute approximate surface area is 101 Å². The Kier molecular flexibility index (Phi) is 5.36. The molecular formula is C13H17NO3. The molecule has 0 bridgehead atoms. The van der Waals surface area contributed by atoms with E-state index in [0.29, 0.717) is 6.42 Å². The van der Waals surface area contributed by atoms with E-state index < -0.39 is 0 Å². The Balaban J connectivity index is 2.49. The summed E-state index contributed by atoms with van der Waals surface area (Å²) in [4.78, 5) is 22.1. The van der Waals surface area contributed by atoms with E-state index in [1.807, 2.05) is 30.3 Å². The minimum atomic E-state index is -0.343. The highest BCUT2D eigenvalue weighted by Gasteiger charge is 2.13. The molecule has 92 valence electrons. The normalized spacial score (nSPS) is 11.9. The zero-order chi connectivity index (χ0) is 12.7. The number of carbonyl (C=O) groups is 2. The van der Waals surface area contributed by atoms with Crippen LogP contribution in [0.5, 0.6) is 0 Å². The predicted molar refractivity (Wildman–Crippen MR) is 64.5 cm³/mol. The fourth-order valence-electron chi connectivity index (χ4n) is 1.56. The van der Waals surface area contributed by atoms with Crippen LogP contribution in [0.25, 0.3) is 0 Å². The molecule has 0 aliphatic carbocycles. The highest BCUT2D eigenvalue weighted by molar-refractivity contribution is 5.96. The van der Waals surface area contributed by atoms with Gasteiger partial charge in [0.1, 0.15) is 5.78 Å². The van der Waals surface area contributed by atoms with Crippen molar-refractivity contribution in [2.45, 2.75) is 25.8 Å². The van der Waals surface area contributed by atoms with Crippen LogP contribution in [0.1, 0.15) is 18.9 Å². The number of Topliss-reactive ketones (excluding diaryl/α,β-unsaturated/α-hetero) is 1. The molecule has 4 heteroatoms. The summed E-state index contributed by atoms with van der Waals surface area (Å²) >= 11 is 0. The lowest BCUT2D eigenvalue weighted by Crippen LogP contribution is -2.39. The second-order valence-electron chi connectivity index (χ2n) is 4.02. The van der Waals surface area contributed by atoms with Gasteiger partial charge >= 0.3 is 0 Å². The molecule has 0 aliphatic heterocycles. The highest BCUT2D eigenvalue weighted by Crippen LogP contribution is 2.03. The van der Waals surface area contributed by atoms with Crippen LogP contribution in [0.4, 0.5) is 0 Å². The zero-order valence-electron chi connectivity index (χ0n) is 9.85. The summed E-state index contributed by atoms with van der Waals surface area (Å²) < 4.78 is 0. The molecule has 1 aromatic carbocycles. The van der Waals surface area contributed by atoms with Crippen LogP contribution in [-0.2, 0) is 16.0 Å². The minimum Gasteiger partial charge on any atom is -0.394 e. The number of hydrogen-bond donors (Lipinski definition) is 2. The van der Waals surface area contributed by atoms with Crippen LogP contribution in [0, 0.1) is 0 Å². The average Bonchev–Trinajstić information content (AvgIpc) is 2.28. The second kappa shape index (κ2) is 6.81. The van der Waals surface area contributed by atoms with E-state index in [2.05, 4.69) is 5.32 Å². The monoisotopic (exact) mass is 235 g/mol. The molecule has 4 nitrogen and oxygen atoms in total. The number of aliphatic hydroxyl groups excluding tert-OH is 1. The van der Waals surface area contributed by atoms with Crippen molar-refractivity contribution in [2.75, 3.05) is 6.61 Å². The van der Waals surface area contributed by atoms with Crippen molar-refractivity contribution in [2.24, 2.45) is 0 Å². The van der Waals surface area contributed by atoms with Gasteiger partial charge in [-0.05, 0) is 18.9 Å². The van der Waals surface area contributed by atoms with Gasteiger partial charge in [0.25, 0.3) is 0 Å². The standard InChI is InChI=1S/C13H17NO3/c1-10(16)7-13(17)14-12(9-15)8-11-5-3-2-4-6-11/h2-6,12,15H,7-9H2,1H3,(H,14,17)/t12-/m1/s1. The number of hydrogen-bond acceptors (Lipinski definition) is 3. The van der Waals surface area contributed by atoms with Gasteiger partial charge < -0.3 is 10.4 Å². The SMILES string of the molecule is CC(=O)CC(=O)N[C@@H](CO)Cc1ccccc1. The molecule has 2 N–H and O–H groups in total. The van der Waals surface area contributed by atoms with Gasteiger partial charge in [-0.25, -0.2) is 0 Å². The van der Waals surface area contributed by atoms with E-state index in [-0.39, 0.29) is 30.8 Å². The van der Waals surface area contributed by atoms with E-state index >= 15 is 0 Å². The van der Waals surface area contributed by atoms with Gasteiger partial charge in [0, 0.05) is 0 Å². The molecule has 0 fully saturated rings. The quantitative estimate of drug-likeness (QED) is 0.713. The number of rotatable bonds is 6. The Morgan fingerprint density at radius 2 is 1.94 bits per heavy atom. The lowest BCUT2D eigenvalue weighted by Gasteiger charge is -2.15. The first kappa shape index (κ1) is 13.4. The van der Waals surface area contributed by atoms with Crippen molar-refractivity contribution in [3.63, 3.8) is 0 Å². The molecule has 0 saturated heterocycles. The van der Waals surface area contributed by atoms with Crippen molar-refractivity contribution in [1.82, 2.24) is 5.32 Å².